The number of aryl methyl sites for hydroxylation is 2. The summed E-state index contributed by atoms with van der Waals surface area (Å²) in [6, 6.07) is 8.84. The van der Waals surface area contributed by atoms with Crippen molar-refractivity contribution in [3.63, 3.8) is 0 Å². The normalized spacial score (nSPS) is 13.0. The number of hydrogen-bond acceptors (Lipinski definition) is 5. The lowest BCUT2D eigenvalue weighted by Crippen LogP contribution is -2.21. The molecular weight excluding hydrogens is 312 g/mol. The van der Waals surface area contributed by atoms with E-state index in [0.29, 0.717) is 6.04 Å². The minimum Gasteiger partial charge on any atom is -0.440 e. The summed E-state index contributed by atoms with van der Waals surface area (Å²) in [5, 5.41) is 2.12. The van der Waals surface area contributed by atoms with E-state index in [1.807, 2.05) is 6.92 Å². The summed E-state index contributed by atoms with van der Waals surface area (Å²) in [5.74, 6) is 1.65. The first-order valence-electron chi connectivity index (χ1n) is 7.31. The van der Waals surface area contributed by atoms with Gasteiger partial charge in [0.25, 0.3) is 0 Å². The molecule has 3 nitrogen and oxygen atoms in total. The maximum absolute atomic E-state index is 5.86. The molecule has 0 aromatic carbocycles. The molecule has 0 N–H and O–H groups in total. The van der Waals surface area contributed by atoms with Crippen molar-refractivity contribution in [2.45, 2.75) is 33.4 Å². The first-order chi connectivity index (χ1) is 10.5. The Balaban J connectivity index is 1.76. The van der Waals surface area contributed by atoms with Crippen molar-refractivity contribution in [2.75, 3.05) is 7.05 Å². The number of oxazole rings is 1. The fourth-order valence-electron chi connectivity index (χ4n) is 2.35. The molecule has 0 radical (unpaired) electrons. The third kappa shape index (κ3) is 3.16. The third-order valence-electron chi connectivity index (χ3n) is 3.86. The van der Waals surface area contributed by atoms with Crippen LogP contribution in [0.4, 0.5) is 0 Å². The van der Waals surface area contributed by atoms with Crippen LogP contribution in [0.1, 0.15) is 34.2 Å². The molecule has 0 fully saturated rings. The Labute approximate surface area is 139 Å². The first kappa shape index (κ1) is 15.5. The predicted molar refractivity (Wildman–Crippen MR) is 93.5 cm³/mol. The van der Waals surface area contributed by atoms with Crippen molar-refractivity contribution >= 4 is 22.7 Å². The van der Waals surface area contributed by atoms with Crippen LogP contribution in [0.25, 0.3) is 10.8 Å². The van der Waals surface area contributed by atoms with Crippen molar-refractivity contribution in [1.29, 1.82) is 0 Å². The van der Waals surface area contributed by atoms with Gasteiger partial charge in [0.05, 0.1) is 10.6 Å². The fraction of sp³-hybridized carbons (Fsp3) is 0.353. The molecule has 0 amide bonds. The van der Waals surface area contributed by atoms with E-state index in [4.69, 9.17) is 9.40 Å². The number of hydrogen-bond donors (Lipinski definition) is 0. The third-order valence-corrected chi connectivity index (χ3v) is 5.89. The second-order valence-corrected chi connectivity index (χ2v) is 7.81. The molecule has 0 bridgehead atoms. The number of rotatable bonds is 5. The van der Waals surface area contributed by atoms with Crippen molar-refractivity contribution in [1.82, 2.24) is 9.88 Å². The van der Waals surface area contributed by atoms with E-state index >= 15 is 0 Å². The predicted octanol–water partition coefficient (Wildman–Crippen LogP) is 5.27. The van der Waals surface area contributed by atoms with E-state index in [2.05, 4.69) is 55.4 Å². The van der Waals surface area contributed by atoms with Crippen molar-refractivity contribution < 1.29 is 4.42 Å². The second-order valence-electron chi connectivity index (χ2n) is 5.54. The molecule has 3 aromatic rings. The Hall–Kier alpha value is -1.43. The SMILES string of the molecule is Cc1ccc(-c2nc(CN(C)C(C)c3cccs3)c(C)o2)s1. The van der Waals surface area contributed by atoms with Crippen LogP contribution in [-0.2, 0) is 6.54 Å². The highest BCUT2D eigenvalue weighted by Gasteiger charge is 2.18. The van der Waals surface area contributed by atoms with Gasteiger partial charge in [-0.1, -0.05) is 6.07 Å². The van der Waals surface area contributed by atoms with E-state index < -0.39 is 0 Å². The van der Waals surface area contributed by atoms with Gasteiger partial charge in [0, 0.05) is 22.3 Å². The molecule has 0 saturated heterocycles. The molecule has 0 saturated carbocycles. The van der Waals surface area contributed by atoms with Crippen LogP contribution in [0.15, 0.2) is 34.1 Å². The average molecular weight is 332 g/mol. The van der Waals surface area contributed by atoms with E-state index in [1.54, 1.807) is 22.7 Å². The van der Waals surface area contributed by atoms with Gasteiger partial charge < -0.3 is 4.42 Å². The molecule has 0 aliphatic rings. The van der Waals surface area contributed by atoms with Gasteiger partial charge in [0.15, 0.2) is 0 Å². The van der Waals surface area contributed by atoms with E-state index in [0.717, 1.165) is 28.8 Å². The molecule has 1 unspecified atom stereocenters. The summed E-state index contributed by atoms with van der Waals surface area (Å²) in [6.45, 7) is 7.11. The second kappa shape index (κ2) is 6.36. The minimum atomic E-state index is 0.378. The zero-order valence-electron chi connectivity index (χ0n) is 13.3. The molecule has 0 spiro atoms. The number of nitrogens with zero attached hydrogens (tertiary/aromatic N) is 2. The standard InChI is InChI=1S/C17H20N2OS2/c1-11-7-8-16(22-11)17-18-14(13(3)20-17)10-19(4)12(2)15-6-5-9-21-15/h5-9,12H,10H2,1-4H3. The van der Waals surface area contributed by atoms with Crippen LogP contribution in [0.5, 0.6) is 0 Å². The monoisotopic (exact) mass is 332 g/mol. The van der Waals surface area contributed by atoms with Gasteiger partial charge in [-0.25, -0.2) is 4.98 Å². The van der Waals surface area contributed by atoms with Gasteiger partial charge in [0.2, 0.25) is 5.89 Å². The Morgan fingerprint density at radius 3 is 2.73 bits per heavy atom. The summed E-state index contributed by atoms with van der Waals surface area (Å²) in [4.78, 5) is 10.8. The summed E-state index contributed by atoms with van der Waals surface area (Å²) >= 11 is 3.51. The molecule has 3 heterocycles. The number of aromatic nitrogens is 1. The Bertz CT molecular complexity index is 743. The van der Waals surface area contributed by atoms with Crippen LogP contribution < -0.4 is 0 Å². The van der Waals surface area contributed by atoms with Crippen molar-refractivity contribution in [3.8, 4) is 10.8 Å². The summed E-state index contributed by atoms with van der Waals surface area (Å²) in [7, 11) is 2.13. The highest BCUT2D eigenvalue weighted by Crippen LogP contribution is 2.30. The Morgan fingerprint density at radius 2 is 2.09 bits per heavy atom. The highest BCUT2D eigenvalue weighted by atomic mass is 32.1. The van der Waals surface area contributed by atoms with Crippen LogP contribution in [0.2, 0.25) is 0 Å². The fourth-order valence-corrected chi connectivity index (χ4v) is 3.99. The van der Waals surface area contributed by atoms with Gasteiger partial charge >= 0.3 is 0 Å². The average Bonchev–Trinajstić information content (AvgIpc) is 3.20. The van der Waals surface area contributed by atoms with Gasteiger partial charge in [-0.05, 0) is 51.4 Å². The zero-order chi connectivity index (χ0) is 15.7. The molecule has 3 aromatic heterocycles. The smallest absolute Gasteiger partial charge is 0.236 e. The van der Waals surface area contributed by atoms with Gasteiger partial charge in [-0.2, -0.15) is 0 Å². The van der Waals surface area contributed by atoms with Crippen molar-refractivity contribution in [3.05, 3.63) is 50.9 Å². The van der Waals surface area contributed by atoms with Crippen LogP contribution in [0.3, 0.4) is 0 Å². The molecule has 3 rings (SSSR count). The maximum Gasteiger partial charge on any atom is 0.236 e. The van der Waals surface area contributed by atoms with Crippen LogP contribution in [0, 0.1) is 13.8 Å². The zero-order valence-corrected chi connectivity index (χ0v) is 14.9. The largest absolute Gasteiger partial charge is 0.440 e. The molecular formula is C17H20N2OS2. The quantitative estimate of drug-likeness (QED) is 0.637. The number of thiophene rings is 2. The highest BCUT2D eigenvalue weighted by molar-refractivity contribution is 7.15. The molecule has 1 atom stereocenters. The van der Waals surface area contributed by atoms with E-state index in [1.165, 1.54) is 9.75 Å². The lowest BCUT2D eigenvalue weighted by Gasteiger charge is -2.22. The van der Waals surface area contributed by atoms with Crippen molar-refractivity contribution in [2.24, 2.45) is 0 Å². The molecule has 5 heteroatoms. The lowest BCUT2D eigenvalue weighted by atomic mass is 10.2. The van der Waals surface area contributed by atoms with Crippen LogP contribution in [-0.4, -0.2) is 16.9 Å². The van der Waals surface area contributed by atoms with Gasteiger partial charge in [-0.15, -0.1) is 22.7 Å². The summed E-state index contributed by atoms with van der Waals surface area (Å²) in [5.41, 5.74) is 1.02. The van der Waals surface area contributed by atoms with Crippen LogP contribution >= 0.6 is 22.7 Å². The minimum absolute atomic E-state index is 0.378. The summed E-state index contributed by atoms with van der Waals surface area (Å²) < 4.78 is 5.86. The molecule has 22 heavy (non-hydrogen) atoms. The maximum atomic E-state index is 5.86. The van der Waals surface area contributed by atoms with E-state index in [9.17, 15) is 0 Å². The Morgan fingerprint density at radius 1 is 1.27 bits per heavy atom. The first-order valence-corrected chi connectivity index (χ1v) is 9.01. The van der Waals surface area contributed by atoms with Gasteiger partial charge in [0.1, 0.15) is 5.76 Å². The molecule has 0 aliphatic heterocycles. The molecule has 0 aliphatic carbocycles. The Kier molecular flexibility index (Phi) is 4.47. The van der Waals surface area contributed by atoms with E-state index in [-0.39, 0.29) is 0 Å². The topological polar surface area (TPSA) is 29.3 Å². The van der Waals surface area contributed by atoms with Gasteiger partial charge in [-0.3, -0.25) is 4.90 Å². The molecule has 116 valence electrons. The summed E-state index contributed by atoms with van der Waals surface area (Å²) in [6.07, 6.45) is 0. The lowest BCUT2D eigenvalue weighted by molar-refractivity contribution is 0.252.